The fourth-order valence-corrected chi connectivity index (χ4v) is 4.87. The van der Waals surface area contributed by atoms with Crippen LogP contribution in [0.15, 0.2) is 62.6 Å². The Morgan fingerprint density at radius 3 is 2.31 bits per heavy atom. The molecule has 0 N–H and O–H groups in total. The van der Waals surface area contributed by atoms with Crippen molar-refractivity contribution >= 4 is 37.7 Å². The molecule has 0 bridgehead atoms. The molecule has 4 nitrogen and oxygen atoms in total. The van der Waals surface area contributed by atoms with Gasteiger partial charge in [0.15, 0.2) is 0 Å². The van der Waals surface area contributed by atoms with Crippen LogP contribution in [0.2, 0.25) is 0 Å². The highest BCUT2D eigenvalue weighted by atomic mass is 79.9. The highest BCUT2D eigenvalue weighted by molar-refractivity contribution is 9.10. The van der Waals surface area contributed by atoms with Crippen molar-refractivity contribution in [1.29, 1.82) is 0 Å². The van der Waals surface area contributed by atoms with E-state index in [4.69, 9.17) is 9.68 Å². The van der Waals surface area contributed by atoms with Gasteiger partial charge >= 0.3 is 0 Å². The average Bonchev–Trinajstić information content (AvgIpc) is 3.18. The number of hydrogen-bond acceptors (Lipinski definition) is 4. The summed E-state index contributed by atoms with van der Waals surface area (Å²) in [4.78, 5) is 12.6. The quantitative estimate of drug-likeness (QED) is 0.567. The van der Waals surface area contributed by atoms with Crippen molar-refractivity contribution in [3.8, 4) is 0 Å². The van der Waals surface area contributed by atoms with E-state index in [2.05, 4.69) is 61.3 Å². The van der Waals surface area contributed by atoms with Crippen LogP contribution in [-0.2, 0) is 15.4 Å². The third-order valence-corrected chi connectivity index (χ3v) is 6.63. The first-order valence-electron chi connectivity index (χ1n) is 8.93. The van der Waals surface area contributed by atoms with Gasteiger partial charge in [-0.1, -0.05) is 62.0 Å². The van der Waals surface area contributed by atoms with Crippen LogP contribution in [-0.4, -0.2) is 17.0 Å². The Kier molecular flexibility index (Phi) is 4.10. The predicted octanol–water partition coefficient (Wildman–Crippen LogP) is 5.56. The van der Waals surface area contributed by atoms with E-state index < -0.39 is 5.72 Å². The summed E-state index contributed by atoms with van der Waals surface area (Å²) < 4.78 is 2.09. The minimum absolute atomic E-state index is 0.174. The molecule has 134 valence electrons. The zero-order valence-corrected chi connectivity index (χ0v) is 17.2. The molecule has 6 heteroatoms. The Hall–Kier alpha value is -1.37. The largest absolute Gasteiger partial charge is 0.357 e. The van der Waals surface area contributed by atoms with Gasteiger partial charge in [0.2, 0.25) is 5.84 Å². The number of nitrogens with zero attached hydrogens (tertiary/aromatic N) is 2. The zero-order valence-electron chi connectivity index (χ0n) is 14.1. The number of amidine groups is 1. The molecule has 1 unspecified atom stereocenters. The van der Waals surface area contributed by atoms with E-state index in [0.717, 1.165) is 38.7 Å². The van der Waals surface area contributed by atoms with Gasteiger partial charge in [-0.25, -0.2) is 0 Å². The molecule has 0 radical (unpaired) electrons. The maximum atomic E-state index is 6.43. The number of oxime groups is 1. The topological polar surface area (TPSA) is 34.1 Å². The van der Waals surface area contributed by atoms with Gasteiger partial charge in [-0.05, 0) is 49.2 Å². The monoisotopic (exact) mass is 476 g/mol. The molecule has 26 heavy (non-hydrogen) atoms. The maximum Gasteiger partial charge on any atom is 0.265 e. The zero-order chi connectivity index (χ0) is 17.7. The van der Waals surface area contributed by atoms with E-state index in [1.807, 2.05) is 29.3 Å². The van der Waals surface area contributed by atoms with Crippen LogP contribution < -0.4 is 0 Å². The maximum absolute atomic E-state index is 6.43. The number of halogens is 2. The second-order valence-corrected chi connectivity index (χ2v) is 8.88. The fourth-order valence-electron chi connectivity index (χ4n) is 4.34. The van der Waals surface area contributed by atoms with Crippen molar-refractivity contribution in [2.45, 2.75) is 37.5 Å². The van der Waals surface area contributed by atoms with Crippen LogP contribution in [0.5, 0.6) is 0 Å². The molecule has 2 aliphatic heterocycles. The Morgan fingerprint density at radius 2 is 1.58 bits per heavy atom. The van der Waals surface area contributed by atoms with Gasteiger partial charge in [0, 0.05) is 20.1 Å². The van der Waals surface area contributed by atoms with Gasteiger partial charge in [0.05, 0.1) is 12.0 Å². The SMILES string of the molecule is Brc1ccc(C2=NOC3(c4ccc(Br)cc4)[C@@H]4CCCC[C@@H]4ON23)cc1. The van der Waals surface area contributed by atoms with Gasteiger partial charge in [-0.15, -0.1) is 0 Å². The Labute approximate surface area is 169 Å². The molecule has 1 saturated carbocycles. The summed E-state index contributed by atoms with van der Waals surface area (Å²) in [5.74, 6) is 1.02. The summed E-state index contributed by atoms with van der Waals surface area (Å²) in [5, 5.41) is 6.40. The second kappa shape index (κ2) is 6.36. The van der Waals surface area contributed by atoms with Crippen LogP contribution in [0.1, 0.15) is 36.8 Å². The van der Waals surface area contributed by atoms with Crippen LogP contribution >= 0.6 is 31.9 Å². The average molecular weight is 478 g/mol. The van der Waals surface area contributed by atoms with Crippen LogP contribution in [0.3, 0.4) is 0 Å². The molecular formula is C20H18Br2N2O2. The van der Waals surface area contributed by atoms with E-state index in [1.54, 1.807) is 0 Å². The lowest BCUT2D eigenvalue weighted by Crippen LogP contribution is -2.45. The molecule has 2 aromatic carbocycles. The normalized spacial score (nSPS) is 29.8. The highest BCUT2D eigenvalue weighted by Crippen LogP contribution is 2.54. The third kappa shape index (κ3) is 2.46. The van der Waals surface area contributed by atoms with Gasteiger partial charge in [-0.2, -0.15) is 5.06 Å². The third-order valence-electron chi connectivity index (χ3n) is 5.57. The number of fused-ring (bicyclic) bond motifs is 3. The molecule has 2 heterocycles. The van der Waals surface area contributed by atoms with E-state index in [0.29, 0.717) is 0 Å². The Balaban J connectivity index is 1.60. The summed E-state index contributed by atoms with van der Waals surface area (Å²) >= 11 is 7.02. The van der Waals surface area contributed by atoms with E-state index >= 15 is 0 Å². The van der Waals surface area contributed by atoms with Gasteiger partial charge in [0.25, 0.3) is 5.72 Å². The summed E-state index contributed by atoms with van der Waals surface area (Å²) in [5.41, 5.74) is 1.41. The second-order valence-electron chi connectivity index (χ2n) is 7.05. The molecule has 5 rings (SSSR count). The molecule has 1 saturated heterocycles. The number of benzene rings is 2. The fraction of sp³-hybridized carbons (Fsp3) is 0.350. The number of hydrogen-bond donors (Lipinski definition) is 0. The molecule has 2 aromatic rings. The Morgan fingerprint density at radius 1 is 0.923 bits per heavy atom. The van der Waals surface area contributed by atoms with E-state index in [1.165, 1.54) is 12.8 Å². The lowest BCUT2D eigenvalue weighted by molar-refractivity contribution is -0.204. The van der Waals surface area contributed by atoms with E-state index in [9.17, 15) is 0 Å². The summed E-state index contributed by atoms with van der Waals surface area (Å²) in [6.45, 7) is 0. The molecule has 0 spiro atoms. The summed E-state index contributed by atoms with van der Waals surface area (Å²) in [6, 6.07) is 16.4. The van der Waals surface area contributed by atoms with Crippen molar-refractivity contribution in [2.24, 2.45) is 11.1 Å². The minimum atomic E-state index is -0.672. The van der Waals surface area contributed by atoms with Crippen molar-refractivity contribution < 1.29 is 9.68 Å². The number of hydroxylamine groups is 2. The molecule has 3 aliphatic rings. The number of rotatable bonds is 2. The molecule has 3 atom stereocenters. The molecular weight excluding hydrogens is 460 g/mol. The summed E-state index contributed by atoms with van der Waals surface area (Å²) in [6.07, 6.45) is 4.73. The van der Waals surface area contributed by atoms with Crippen molar-refractivity contribution in [2.75, 3.05) is 0 Å². The molecule has 1 aliphatic carbocycles. The van der Waals surface area contributed by atoms with Crippen LogP contribution in [0, 0.1) is 5.92 Å². The van der Waals surface area contributed by atoms with Gasteiger partial charge in [-0.3, -0.25) is 4.84 Å². The lowest BCUT2D eigenvalue weighted by atomic mass is 9.77. The van der Waals surface area contributed by atoms with Crippen LogP contribution in [0.25, 0.3) is 0 Å². The minimum Gasteiger partial charge on any atom is -0.357 e. The first-order chi connectivity index (χ1) is 12.7. The molecule has 2 fully saturated rings. The first-order valence-corrected chi connectivity index (χ1v) is 10.5. The van der Waals surface area contributed by atoms with Crippen molar-refractivity contribution in [3.63, 3.8) is 0 Å². The van der Waals surface area contributed by atoms with Crippen molar-refractivity contribution in [3.05, 3.63) is 68.6 Å². The van der Waals surface area contributed by atoms with Gasteiger partial charge in [0.1, 0.15) is 0 Å². The first kappa shape index (κ1) is 16.8. The lowest BCUT2D eigenvalue weighted by Gasteiger charge is -2.34. The molecule has 0 amide bonds. The molecule has 0 aromatic heterocycles. The Bertz CT molecular complexity index is 853. The highest BCUT2D eigenvalue weighted by Gasteiger charge is 2.63. The van der Waals surface area contributed by atoms with Crippen molar-refractivity contribution in [1.82, 2.24) is 5.06 Å². The standard InChI is InChI=1S/C20H18Br2N2O2/c21-15-9-5-13(6-10-15)19-23-26-20(14-7-11-16(22)12-8-14)17-3-1-2-4-18(17)25-24(19)20/h5-12,17-18H,1-4H2/t17-,18+,20?/m1/s1. The van der Waals surface area contributed by atoms with Gasteiger partial charge < -0.3 is 4.84 Å². The van der Waals surface area contributed by atoms with Crippen LogP contribution in [0.4, 0.5) is 0 Å². The summed E-state index contributed by atoms with van der Waals surface area (Å²) in [7, 11) is 0. The smallest absolute Gasteiger partial charge is 0.265 e. The predicted molar refractivity (Wildman–Crippen MR) is 106 cm³/mol. The van der Waals surface area contributed by atoms with E-state index in [-0.39, 0.29) is 12.0 Å².